The Morgan fingerprint density at radius 1 is 1.38 bits per heavy atom. The van der Waals surface area contributed by atoms with Crippen molar-refractivity contribution in [3.8, 4) is 0 Å². The van der Waals surface area contributed by atoms with Crippen molar-refractivity contribution < 1.29 is 4.79 Å². The number of thiocarbonyl (C=S) groups is 1. The van der Waals surface area contributed by atoms with Gasteiger partial charge in [0.05, 0.1) is 0 Å². The van der Waals surface area contributed by atoms with Gasteiger partial charge in [-0.1, -0.05) is 25.6 Å². The standard InChI is InChI=1S/C16H23N3OS/c1-3-11-4-7-13(8-5-11)19(2)16(20)14-9-6-12(10-18-14)15(17)21/h6,9-11,13H,3-5,7-8H2,1-2H3,(H2,17,21). The number of hydrogen-bond acceptors (Lipinski definition) is 3. The van der Waals surface area contributed by atoms with E-state index in [-0.39, 0.29) is 5.91 Å². The molecule has 0 aromatic carbocycles. The molecule has 0 bridgehead atoms. The second-order valence-corrected chi connectivity index (χ2v) is 6.24. The maximum Gasteiger partial charge on any atom is 0.272 e. The van der Waals surface area contributed by atoms with Crippen LogP contribution in [-0.4, -0.2) is 33.9 Å². The average molecular weight is 305 g/mol. The Labute approximate surface area is 131 Å². The third-order valence-electron chi connectivity index (χ3n) is 4.53. The second-order valence-electron chi connectivity index (χ2n) is 5.80. The summed E-state index contributed by atoms with van der Waals surface area (Å²) < 4.78 is 0. The summed E-state index contributed by atoms with van der Waals surface area (Å²) in [6.07, 6.45) is 7.42. The van der Waals surface area contributed by atoms with Gasteiger partial charge in [0.25, 0.3) is 5.91 Å². The van der Waals surface area contributed by atoms with E-state index < -0.39 is 0 Å². The number of carbonyl (C=O) groups excluding carboxylic acids is 1. The molecule has 1 aliphatic carbocycles. The van der Waals surface area contributed by atoms with Crippen LogP contribution in [0, 0.1) is 5.92 Å². The molecular formula is C16H23N3OS. The van der Waals surface area contributed by atoms with Gasteiger partial charge in [-0.05, 0) is 43.7 Å². The fourth-order valence-corrected chi connectivity index (χ4v) is 3.07. The molecule has 114 valence electrons. The van der Waals surface area contributed by atoms with E-state index in [4.69, 9.17) is 18.0 Å². The summed E-state index contributed by atoms with van der Waals surface area (Å²) in [6.45, 7) is 2.24. The molecule has 1 amide bonds. The average Bonchev–Trinajstić information content (AvgIpc) is 2.53. The zero-order valence-corrected chi connectivity index (χ0v) is 13.5. The highest BCUT2D eigenvalue weighted by atomic mass is 32.1. The van der Waals surface area contributed by atoms with Crippen LogP contribution in [-0.2, 0) is 0 Å². The zero-order valence-electron chi connectivity index (χ0n) is 12.7. The molecule has 0 unspecified atom stereocenters. The Hall–Kier alpha value is -1.49. The first-order chi connectivity index (χ1) is 10.0. The molecule has 1 fully saturated rings. The summed E-state index contributed by atoms with van der Waals surface area (Å²) >= 11 is 4.89. The van der Waals surface area contributed by atoms with Crippen LogP contribution in [0.25, 0.3) is 0 Å². The van der Waals surface area contributed by atoms with Gasteiger partial charge in [0, 0.05) is 24.8 Å². The quantitative estimate of drug-likeness (QED) is 0.869. The predicted octanol–water partition coefficient (Wildman–Crippen LogP) is 2.76. The monoisotopic (exact) mass is 305 g/mol. The normalized spacial score (nSPS) is 21.8. The lowest BCUT2D eigenvalue weighted by Gasteiger charge is -2.34. The Kier molecular flexibility index (Phi) is 5.28. The molecule has 0 radical (unpaired) electrons. The number of rotatable bonds is 4. The highest BCUT2D eigenvalue weighted by molar-refractivity contribution is 7.80. The van der Waals surface area contributed by atoms with Crippen LogP contribution in [0.4, 0.5) is 0 Å². The smallest absolute Gasteiger partial charge is 0.272 e. The fraction of sp³-hybridized carbons (Fsp3) is 0.562. The highest BCUT2D eigenvalue weighted by Crippen LogP contribution is 2.29. The molecule has 0 aliphatic heterocycles. The summed E-state index contributed by atoms with van der Waals surface area (Å²) in [7, 11) is 1.88. The van der Waals surface area contributed by atoms with E-state index >= 15 is 0 Å². The molecule has 2 N–H and O–H groups in total. The molecule has 5 heteroatoms. The van der Waals surface area contributed by atoms with Gasteiger partial charge in [0.2, 0.25) is 0 Å². The van der Waals surface area contributed by atoms with Crippen molar-refractivity contribution in [3.63, 3.8) is 0 Å². The topological polar surface area (TPSA) is 59.2 Å². The lowest BCUT2D eigenvalue weighted by Crippen LogP contribution is -2.39. The van der Waals surface area contributed by atoms with Crippen LogP contribution in [0.5, 0.6) is 0 Å². The molecule has 0 saturated heterocycles. The summed E-state index contributed by atoms with van der Waals surface area (Å²) in [5.74, 6) is 0.803. The van der Waals surface area contributed by atoms with Gasteiger partial charge in [0.15, 0.2) is 0 Å². The zero-order chi connectivity index (χ0) is 15.4. The van der Waals surface area contributed by atoms with Crippen molar-refractivity contribution in [1.82, 2.24) is 9.88 Å². The van der Waals surface area contributed by atoms with Gasteiger partial charge in [-0.3, -0.25) is 9.78 Å². The Morgan fingerprint density at radius 3 is 2.52 bits per heavy atom. The maximum atomic E-state index is 12.5. The Morgan fingerprint density at radius 2 is 2.05 bits per heavy atom. The van der Waals surface area contributed by atoms with Crippen LogP contribution < -0.4 is 5.73 Å². The molecular weight excluding hydrogens is 282 g/mol. The van der Waals surface area contributed by atoms with Crippen molar-refractivity contribution in [3.05, 3.63) is 29.6 Å². The van der Waals surface area contributed by atoms with Crippen molar-refractivity contribution >= 4 is 23.1 Å². The van der Waals surface area contributed by atoms with E-state index in [2.05, 4.69) is 11.9 Å². The number of hydrogen-bond donors (Lipinski definition) is 1. The van der Waals surface area contributed by atoms with Gasteiger partial charge in [-0.2, -0.15) is 0 Å². The predicted molar refractivity (Wildman–Crippen MR) is 88.3 cm³/mol. The van der Waals surface area contributed by atoms with E-state index in [1.54, 1.807) is 18.3 Å². The van der Waals surface area contributed by atoms with Gasteiger partial charge in [-0.25, -0.2) is 0 Å². The SMILES string of the molecule is CCC1CCC(N(C)C(=O)c2ccc(C(N)=S)cn2)CC1. The van der Waals surface area contributed by atoms with Crippen LogP contribution in [0.3, 0.4) is 0 Å². The summed E-state index contributed by atoms with van der Waals surface area (Å²) in [6, 6.07) is 3.78. The van der Waals surface area contributed by atoms with Gasteiger partial charge in [-0.15, -0.1) is 0 Å². The van der Waals surface area contributed by atoms with Crippen molar-refractivity contribution in [2.75, 3.05) is 7.05 Å². The molecule has 1 aromatic heterocycles. The van der Waals surface area contributed by atoms with Crippen LogP contribution in [0.2, 0.25) is 0 Å². The molecule has 1 aromatic rings. The van der Waals surface area contributed by atoms with E-state index in [0.29, 0.717) is 22.3 Å². The van der Waals surface area contributed by atoms with Gasteiger partial charge in [0.1, 0.15) is 10.7 Å². The largest absolute Gasteiger partial charge is 0.389 e. The maximum absolute atomic E-state index is 12.5. The summed E-state index contributed by atoms with van der Waals surface area (Å²) in [5.41, 5.74) is 6.68. The van der Waals surface area contributed by atoms with E-state index in [9.17, 15) is 4.79 Å². The molecule has 1 heterocycles. The number of carbonyl (C=O) groups is 1. The van der Waals surface area contributed by atoms with E-state index in [0.717, 1.165) is 18.8 Å². The molecule has 1 aliphatic rings. The van der Waals surface area contributed by atoms with Crippen LogP contribution in [0.1, 0.15) is 55.1 Å². The number of aromatic nitrogens is 1. The molecule has 4 nitrogen and oxygen atoms in total. The molecule has 21 heavy (non-hydrogen) atoms. The minimum atomic E-state index is -0.0237. The third kappa shape index (κ3) is 3.79. The fourth-order valence-electron chi connectivity index (χ4n) is 2.95. The van der Waals surface area contributed by atoms with Gasteiger partial charge < -0.3 is 10.6 Å². The van der Waals surface area contributed by atoms with Crippen molar-refractivity contribution in [2.45, 2.75) is 45.1 Å². The van der Waals surface area contributed by atoms with Crippen LogP contribution in [0.15, 0.2) is 18.3 Å². The first-order valence-electron chi connectivity index (χ1n) is 7.56. The molecule has 0 spiro atoms. The number of nitrogens with two attached hydrogens (primary N) is 1. The van der Waals surface area contributed by atoms with Crippen molar-refractivity contribution in [2.24, 2.45) is 11.7 Å². The third-order valence-corrected chi connectivity index (χ3v) is 4.76. The first-order valence-corrected chi connectivity index (χ1v) is 7.96. The summed E-state index contributed by atoms with van der Waals surface area (Å²) in [4.78, 5) is 18.8. The number of pyridine rings is 1. The Balaban J connectivity index is 2.00. The highest BCUT2D eigenvalue weighted by Gasteiger charge is 2.26. The minimum Gasteiger partial charge on any atom is -0.389 e. The number of amides is 1. The second kappa shape index (κ2) is 6.98. The summed E-state index contributed by atoms with van der Waals surface area (Å²) in [5, 5.41) is 0. The molecule has 1 saturated carbocycles. The first kappa shape index (κ1) is 15.9. The van der Waals surface area contributed by atoms with E-state index in [1.165, 1.54) is 19.3 Å². The van der Waals surface area contributed by atoms with Crippen LogP contribution >= 0.6 is 12.2 Å². The molecule has 0 atom stereocenters. The Bertz CT molecular complexity index is 507. The van der Waals surface area contributed by atoms with Gasteiger partial charge >= 0.3 is 0 Å². The minimum absolute atomic E-state index is 0.0237. The lowest BCUT2D eigenvalue weighted by atomic mass is 9.84. The lowest BCUT2D eigenvalue weighted by molar-refractivity contribution is 0.0669. The van der Waals surface area contributed by atoms with E-state index in [1.807, 2.05) is 11.9 Å². The molecule has 2 rings (SSSR count). The number of nitrogens with zero attached hydrogens (tertiary/aromatic N) is 2. The van der Waals surface area contributed by atoms with Crippen molar-refractivity contribution in [1.29, 1.82) is 0 Å².